The van der Waals surface area contributed by atoms with Crippen LogP contribution in [0.2, 0.25) is 0 Å². The monoisotopic (exact) mass is 650 g/mol. The van der Waals surface area contributed by atoms with Gasteiger partial charge in [0.15, 0.2) is 0 Å². The van der Waals surface area contributed by atoms with Gasteiger partial charge in [0.1, 0.15) is 22.7 Å². The number of imidazole rings is 1. The van der Waals surface area contributed by atoms with Crippen LogP contribution in [0, 0.1) is 0 Å². The highest BCUT2D eigenvalue weighted by molar-refractivity contribution is 6.12. The van der Waals surface area contributed by atoms with E-state index in [0.717, 1.165) is 90.3 Å². The molecule has 2 aliphatic rings. The van der Waals surface area contributed by atoms with Crippen molar-refractivity contribution in [3.8, 4) is 0 Å². The summed E-state index contributed by atoms with van der Waals surface area (Å²) in [5, 5.41) is 3.84. The molecule has 5 rings (SSSR count). The molecule has 3 amide bonds. The molecular formula is C33H46N8O6. The van der Waals surface area contributed by atoms with Gasteiger partial charge in [0.25, 0.3) is 11.8 Å². The first-order valence-corrected chi connectivity index (χ1v) is 16.5. The van der Waals surface area contributed by atoms with Crippen molar-refractivity contribution in [2.75, 3.05) is 96.1 Å². The third kappa shape index (κ3) is 9.47. The van der Waals surface area contributed by atoms with Gasteiger partial charge in [0, 0.05) is 75.3 Å². The topological polar surface area (TPSA) is 168 Å². The fourth-order valence-corrected chi connectivity index (χ4v) is 5.63. The zero-order valence-corrected chi connectivity index (χ0v) is 27.2. The number of anilines is 2. The highest BCUT2D eigenvalue weighted by atomic mass is 16.5. The molecule has 1 aromatic carbocycles. The average Bonchev–Trinajstić information content (AvgIpc) is 3.66. The number of piperazine rings is 1. The number of imide groups is 1. The van der Waals surface area contributed by atoms with Gasteiger partial charge in [-0.1, -0.05) is 13.3 Å². The molecule has 0 unspecified atom stereocenters. The van der Waals surface area contributed by atoms with Crippen molar-refractivity contribution >= 4 is 51.2 Å². The van der Waals surface area contributed by atoms with Gasteiger partial charge in [-0.25, -0.2) is 9.97 Å². The second kappa shape index (κ2) is 17.2. The van der Waals surface area contributed by atoms with Gasteiger partial charge in [-0.05, 0) is 24.6 Å². The second-order valence-electron chi connectivity index (χ2n) is 11.6. The molecular weight excluding hydrogens is 604 g/mol. The minimum absolute atomic E-state index is 0.0791. The van der Waals surface area contributed by atoms with Crippen LogP contribution in [-0.2, 0) is 35.0 Å². The predicted molar refractivity (Wildman–Crippen MR) is 179 cm³/mol. The number of pyridine rings is 1. The van der Waals surface area contributed by atoms with Gasteiger partial charge in [-0.15, -0.1) is 0 Å². The van der Waals surface area contributed by atoms with E-state index in [9.17, 15) is 14.4 Å². The molecule has 14 nitrogen and oxygen atoms in total. The maximum atomic E-state index is 12.1. The number of nitrogens with one attached hydrogen (secondary N) is 2. The van der Waals surface area contributed by atoms with Gasteiger partial charge in [0.2, 0.25) is 5.91 Å². The number of hydrogen-bond acceptors (Lipinski definition) is 11. The Bertz CT molecular complexity index is 1530. The molecule has 47 heavy (non-hydrogen) atoms. The Labute approximate surface area is 274 Å². The molecule has 0 spiro atoms. The minimum Gasteiger partial charge on any atom is -0.382 e. The number of nitrogens with zero attached hydrogens (tertiary/aromatic N) is 5. The number of carbonyl (C=O) groups excluding carboxylic acids is 3. The lowest BCUT2D eigenvalue weighted by Gasteiger charge is -2.36. The Hall–Kier alpha value is -4.11. The van der Waals surface area contributed by atoms with E-state index in [4.69, 9.17) is 24.9 Å². The summed E-state index contributed by atoms with van der Waals surface area (Å²) < 4.78 is 16.6. The first kappa shape index (κ1) is 34.2. The lowest BCUT2D eigenvalue weighted by atomic mass is 10.1. The lowest BCUT2D eigenvalue weighted by molar-refractivity contribution is -0.137. The number of nitrogen functional groups attached to an aromatic ring is 1. The van der Waals surface area contributed by atoms with E-state index in [-0.39, 0.29) is 30.9 Å². The molecule has 1 fully saturated rings. The zero-order valence-electron chi connectivity index (χ0n) is 27.2. The number of H-pyrrole nitrogens is 1. The molecule has 4 N–H and O–H groups in total. The van der Waals surface area contributed by atoms with Crippen molar-refractivity contribution in [3.05, 3.63) is 36.2 Å². The van der Waals surface area contributed by atoms with Crippen LogP contribution in [0.15, 0.2) is 30.4 Å². The quantitative estimate of drug-likeness (QED) is 0.127. The Morgan fingerprint density at radius 2 is 1.66 bits per heavy atom. The average molecular weight is 651 g/mol. The van der Waals surface area contributed by atoms with Gasteiger partial charge >= 0.3 is 0 Å². The van der Waals surface area contributed by atoms with Crippen LogP contribution < -0.4 is 16.0 Å². The number of aryl methyl sites for hydroxylation is 1. The number of benzene rings is 1. The first-order valence-electron chi connectivity index (χ1n) is 16.5. The Morgan fingerprint density at radius 3 is 2.43 bits per heavy atom. The summed E-state index contributed by atoms with van der Waals surface area (Å²) in [6, 6.07) is 6.33. The third-order valence-electron chi connectivity index (χ3n) is 8.32. The van der Waals surface area contributed by atoms with Crippen LogP contribution in [0.1, 0.15) is 32.0 Å². The smallest absolute Gasteiger partial charge is 0.253 e. The van der Waals surface area contributed by atoms with Crippen LogP contribution in [-0.4, -0.2) is 128 Å². The van der Waals surface area contributed by atoms with E-state index >= 15 is 0 Å². The number of nitrogens with two attached hydrogens (primary N) is 1. The van der Waals surface area contributed by atoms with Crippen molar-refractivity contribution < 1.29 is 28.6 Å². The van der Waals surface area contributed by atoms with Crippen molar-refractivity contribution in [1.29, 1.82) is 0 Å². The SMILES string of the molecule is CCCCc1nc2c([nH]1)c(N)nc1ccc(N3CCN(CCOCCC(=O)NCCOCCOCCN4C(=O)C=CC4=O)CC3)cc12. The number of aromatic nitrogens is 3. The molecule has 0 saturated carbocycles. The summed E-state index contributed by atoms with van der Waals surface area (Å²) in [5.74, 6) is 0.728. The molecule has 0 atom stereocenters. The summed E-state index contributed by atoms with van der Waals surface area (Å²) in [7, 11) is 0. The molecule has 2 aliphatic heterocycles. The minimum atomic E-state index is -0.318. The molecule has 14 heteroatoms. The molecule has 0 radical (unpaired) electrons. The zero-order chi connectivity index (χ0) is 33.0. The molecule has 2 aromatic heterocycles. The maximum absolute atomic E-state index is 12.1. The highest BCUT2D eigenvalue weighted by Crippen LogP contribution is 2.30. The number of rotatable bonds is 19. The summed E-state index contributed by atoms with van der Waals surface area (Å²) >= 11 is 0. The fourth-order valence-electron chi connectivity index (χ4n) is 5.63. The number of carbonyl (C=O) groups is 3. The Kier molecular flexibility index (Phi) is 12.5. The summed E-state index contributed by atoms with van der Waals surface area (Å²) in [6.07, 6.45) is 5.88. The lowest BCUT2D eigenvalue weighted by Crippen LogP contribution is -2.47. The molecule has 3 aromatic rings. The van der Waals surface area contributed by atoms with E-state index in [0.29, 0.717) is 51.8 Å². The van der Waals surface area contributed by atoms with Crippen LogP contribution in [0.5, 0.6) is 0 Å². The van der Waals surface area contributed by atoms with Crippen molar-refractivity contribution in [3.63, 3.8) is 0 Å². The van der Waals surface area contributed by atoms with E-state index in [1.54, 1.807) is 0 Å². The molecule has 0 aliphatic carbocycles. The van der Waals surface area contributed by atoms with Gasteiger partial charge in [-0.2, -0.15) is 0 Å². The summed E-state index contributed by atoms with van der Waals surface area (Å²) in [5.41, 5.74) is 9.97. The Morgan fingerprint density at radius 1 is 0.936 bits per heavy atom. The summed E-state index contributed by atoms with van der Waals surface area (Å²) in [4.78, 5) is 53.8. The Balaban J connectivity index is 0.909. The van der Waals surface area contributed by atoms with Crippen LogP contribution in [0.4, 0.5) is 11.5 Å². The number of fused-ring (bicyclic) bond motifs is 3. The largest absolute Gasteiger partial charge is 0.382 e. The highest BCUT2D eigenvalue weighted by Gasteiger charge is 2.22. The maximum Gasteiger partial charge on any atom is 0.253 e. The number of ether oxygens (including phenoxy) is 3. The number of unbranched alkanes of at least 4 members (excludes halogenated alkanes) is 1. The van der Waals surface area contributed by atoms with Crippen LogP contribution in [0.25, 0.3) is 21.9 Å². The first-order chi connectivity index (χ1) is 22.9. The third-order valence-corrected chi connectivity index (χ3v) is 8.32. The second-order valence-corrected chi connectivity index (χ2v) is 11.6. The number of aromatic amines is 1. The van der Waals surface area contributed by atoms with Crippen molar-refractivity contribution in [2.24, 2.45) is 0 Å². The van der Waals surface area contributed by atoms with E-state index in [1.807, 2.05) is 6.07 Å². The standard InChI is InChI=1S/C33H46N8O6/c1-2-3-4-27-37-31-25-23-24(5-6-26(25)36-33(34)32(31)38-27)40-13-11-39(12-14-40)15-19-45-17-9-28(42)35-10-18-46-21-22-47-20-16-41-29(43)7-8-30(41)44/h5-8,23H,2-4,9-22H2,1H3,(H2,34,36)(H,35,42)(H,37,38). The van der Waals surface area contributed by atoms with Crippen LogP contribution >= 0.6 is 0 Å². The van der Waals surface area contributed by atoms with Crippen molar-refractivity contribution in [1.82, 2.24) is 30.1 Å². The number of hydrogen-bond donors (Lipinski definition) is 3. The fraction of sp³-hybridized carbons (Fsp3) is 0.545. The predicted octanol–water partition coefficient (Wildman–Crippen LogP) is 1.64. The van der Waals surface area contributed by atoms with Crippen molar-refractivity contribution in [2.45, 2.75) is 32.6 Å². The van der Waals surface area contributed by atoms with Gasteiger partial charge < -0.3 is 35.1 Å². The van der Waals surface area contributed by atoms with E-state index in [2.05, 4.69) is 44.1 Å². The van der Waals surface area contributed by atoms with Crippen LogP contribution in [0.3, 0.4) is 0 Å². The van der Waals surface area contributed by atoms with Gasteiger partial charge in [-0.3, -0.25) is 24.2 Å². The molecule has 0 bridgehead atoms. The molecule has 254 valence electrons. The van der Waals surface area contributed by atoms with Gasteiger partial charge in [0.05, 0.1) is 51.7 Å². The molecule has 4 heterocycles. The van der Waals surface area contributed by atoms with E-state index < -0.39 is 0 Å². The number of amides is 3. The normalized spacial score (nSPS) is 15.5. The summed E-state index contributed by atoms with van der Waals surface area (Å²) in [6.45, 7) is 9.57. The van der Waals surface area contributed by atoms with E-state index in [1.165, 1.54) is 12.2 Å². The molecule has 1 saturated heterocycles.